The van der Waals surface area contributed by atoms with E-state index in [-0.39, 0.29) is 11.2 Å². The third-order valence-corrected chi connectivity index (χ3v) is 0.897. The molecule has 2 N–H and O–H groups in total. The van der Waals surface area contributed by atoms with E-state index < -0.39 is 0 Å². The Morgan fingerprint density at radius 3 is 2.56 bits per heavy atom. The fourth-order valence-electron chi connectivity index (χ4n) is 0.206. The van der Waals surface area contributed by atoms with E-state index in [0.29, 0.717) is 0 Å². The Hall–Kier alpha value is -0.840. The van der Waals surface area contributed by atoms with Crippen molar-refractivity contribution in [2.75, 3.05) is 14.2 Å². The van der Waals surface area contributed by atoms with Crippen LogP contribution in [0.15, 0.2) is 0 Å². The lowest BCUT2D eigenvalue weighted by atomic mass is 10.9. The maximum absolute atomic E-state index is 10.4. The number of hydrogen-bond donors (Lipinski definition) is 2. The number of thiocarbonyl (C=S) groups is 1. The molecule has 0 aliphatic heterocycles. The van der Waals surface area contributed by atoms with Gasteiger partial charge in [0.15, 0.2) is 0 Å². The molecule has 0 aliphatic carbocycles. The topological polar surface area (TPSA) is 50.4 Å². The van der Waals surface area contributed by atoms with Crippen LogP contribution in [0.3, 0.4) is 0 Å². The fourth-order valence-corrected chi connectivity index (χ4v) is 0.299. The summed E-state index contributed by atoms with van der Waals surface area (Å²) in [5, 5.41) is 4.62. The zero-order valence-corrected chi connectivity index (χ0v) is 6.04. The monoisotopic (exact) mass is 148 g/mol. The number of rotatable bonds is 0. The molecule has 0 bridgehead atoms. The molecular formula is C4H8N2O2S. The van der Waals surface area contributed by atoms with Gasteiger partial charge < -0.3 is 10.1 Å². The highest BCUT2D eigenvalue weighted by Gasteiger charge is 1.97. The molecule has 4 nitrogen and oxygen atoms in total. The SMILES string of the molecule is CNC(=O)NC(=S)OC. The molecule has 0 spiro atoms. The summed E-state index contributed by atoms with van der Waals surface area (Å²) in [5.74, 6) is 0. The Morgan fingerprint density at radius 1 is 1.67 bits per heavy atom. The molecule has 5 heteroatoms. The molecule has 2 amide bonds. The summed E-state index contributed by atoms with van der Waals surface area (Å²) in [6.07, 6.45) is 0. The van der Waals surface area contributed by atoms with E-state index in [1.807, 2.05) is 0 Å². The van der Waals surface area contributed by atoms with E-state index in [2.05, 4.69) is 27.6 Å². The van der Waals surface area contributed by atoms with Crippen molar-refractivity contribution in [1.82, 2.24) is 10.6 Å². The van der Waals surface area contributed by atoms with Crippen LogP contribution in [0.4, 0.5) is 4.79 Å². The molecular weight excluding hydrogens is 140 g/mol. The van der Waals surface area contributed by atoms with Gasteiger partial charge in [-0.2, -0.15) is 0 Å². The lowest BCUT2D eigenvalue weighted by molar-refractivity contribution is 0.245. The van der Waals surface area contributed by atoms with E-state index in [1.165, 1.54) is 14.2 Å². The number of hydrogen-bond acceptors (Lipinski definition) is 3. The quantitative estimate of drug-likeness (QED) is 0.469. The fraction of sp³-hybridized carbons (Fsp3) is 0.500. The van der Waals surface area contributed by atoms with E-state index in [9.17, 15) is 4.79 Å². The van der Waals surface area contributed by atoms with E-state index in [0.717, 1.165) is 0 Å². The third-order valence-electron chi connectivity index (χ3n) is 0.628. The summed E-state index contributed by atoms with van der Waals surface area (Å²) >= 11 is 4.50. The second kappa shape index (κ2) is 4.08. The van der Waals surface area contributed by atoms with Crippen molar-refractivity contribution in [2.24, 2.45) is 0 Å². The molecule has 0 unspecified atom stereocenters. The molecule has 0 aromatic heterocycles. The molecule has 0 saturated heterocycles. The van der Waals surface area contributed by atoms with Crippen LogP contribution in [-0.2, 0) is 4.74 Å². The first-order valence-corrected chi connectivity index (χ1v) is 2.68. The second-order valence-electron chi connectivity index (χ2n) is 1.20. The molecule has 0 atom stereocenters. The zero-order valence-electron chi connectivity index (χ0n) is 5.22. The minimum absolute atomic E-state index is 0.0642. The van der Waals surface area contributed by atoms with Gasteiger partial charge in [0.1, 0.15) is 0 Å². The molecule has 0 aromatic carbocycles. The summed E-state index contributed by atoms with van der Waals surface area (Å²) in [5.41, 5.74) is 0. The zero-order chi connectivity index (χ0) is 7.28. The normalized spacial score (nSPS) is 7.78. The van der Waals surface area contributed by atoms with Gasteiger partial charge in [0, 0.05) is 7.05 Å². The average Bonchev–Trinajstić information content (AvgIpc) is 1.87. The molecule has 0 radical (unpaired) electrons. The molecule has 0 aliphatic rings. The molecule has 0 fully saturated rings. The highest BCUT2D eigenvalue weighted by Crippen LogP contribution is 1.70. The van der Waals surface area contributed by atoms with Gasteiger partial charge in [-0.05, 0) is 12.2 Å². The summed E-state index contributed by atoms with van der Waals surface area (Å²) in [6.45, 7) is 0. The van der Waals surface area contributed by atoms with Crippen molar-refractivity contribution in [3.05, 3.63) is 0 Å². The molecule has 9 heavy (non-hydrogen) atoms. The molecule has 0 heterocycles. The number of carbonyl (C=O) groups is 1. The third kappa shape index (κ3) is 3.72. The van der Waals surface area contributed by atoms with Crippen LogP contribution in [0.2, 0.25) is 0 Å². The van der Waals surface area contributed by atoms with E-state index in [4.69, 9.17) is 0 Å². The van der Waals surface area contributed by atoms with Crippen LogP contribution in [0, 0.1) is 0 Å². The smallest absolute Gasteiger partial charge is 0.321 e. The Balaban J connectivity index is 3.47. The lowest BCUT2D eigenvalue weighted by Gasteiger charge is -2.01. The van der Waals surface area contributed by atoms with Crippen molar-refractivity contribution in [3.63, 3.8) is 0 Å². The van der Waals surface area contributed by atoms with Gasteiger partial charge in [-0.3, -0.25) is 5.32 Å². The predicted molar refractivity (Wildman–Crippen MR) is 37.2 cm³/mol. The number of methoxy groups -OCH3 is 1. The van der Waals surface area contributed by atoms with Crippen LogP contribution in [0.25, 0.3) is 0 Å². The van der Waals surface area contributed by atoms with Crippen LogP contribution in [0.1, 0.15) is 0 Å². The first kappa shape index (κ1) is 8.16. The van der Waals surface area contributed by atoms with Gasteiger partial charge in [-0.15, -0.1) is 0 Å². The van der Waals surface area contributed by atoms with Gasteiger partial charge in [0.2, 0.25) is 0 Å². The maximum Gasteiger partial charge on any atom is 0.321 e. The summed E-state index contributed by atoms with van der Waals surface area (Å²) in [4.78, 5) is 10.4. The Kier molecular flexibility index (Phi) is 3.70. The van der Waals surface area contributed by atoms with Crippen molar-refractivity contribution in [2.45, 2.75) is 0 Å². The minimum atomic E-state index is -0.373. The van der Waals surface area contributed by atoms with Crippen molar-refractivity contribution in [1.29, 1.82) is 0 Å². The Labute approximate surface area is 58.6 Å². The molecule has 0 saturated carbocycles. The van der Waals surface area contributed by atoms with Gasteiger partial charge in [0.05, 0.1) is 7.11 Å². The number of urea groups is 1. The Morgan fingerprint density at radius 2 is 2.22 bits per heavy atom. The van der Waals surface area contributed by atoms with Crippen LogP contribution in [-0.4, -0.2) is 25.4 Å². The largest absolute Gasteiger partial charge is 0.474 e. The second-order valence-corrected chi connectivity index (χ2v) is 1.57. The highest BCUT2D eigenvalue weighted by atomic mass is 32.1. The average molecular weight is 148 g/mol. The van der Waals surface area contributed by atoms with Gasteiger partial charge >= 0.3 is 6.03 Å². The summed E-state index contributed by atoms with van der Waals surface area (Å²) < 4.78 is 4.48. The van der Waals surface area contributed by atoms with Crippen molar-refractivity contribution >= 4 is 23.4 Å². The number of carbonyl (C=O) groups excluding carboxylic acids is 1. The molecule has 0 rings (SSSR count). The molecule has 0 aromatic rings. The van der Waals surface area contributed by atoms with Gasteiger partial charge in [-0.1, -0.05) is 0 Å². The van der Waals surface area contributed by atoms with E-state index in [1.54, 1.807) is 0 Å². The first-order valence-electron chi connectivity index (χ1n) is 2.27. The van der Waals surface area contributed by atoms with Crippen LogP contribution < -0.4 is 10.6 Å². The minimum Gasteiger partial charge on any atom is -0.474 e. The maximum atomic E-state index is 10.4. The number of nitrogens with one attached hydrogen (secondary N) is 2. The first-order chi connectivity index (χ1) is 4.20. The number of amides is 2. The number of ether oxygens (including phenoxy) is 1. The summed E-state index contributed by atoms with van der Waals surface area (Å²) in [7, 11) is 2.88. The Bertz CT molecular complexity index is 112. The molecule has 52 valence electrons. The lowest BCUT2D eigenvalue weighted by Crippen LogP contribution is -2.37. The van der Waals surface area contributed by atoms with Gasteiger partial charge in [0.25, 0.3) is 5.17 Å². The summed E-state index contributed by atoms with van der Waals surface area (Å²) in [6, 6.07) is -0.373. The highest BCUT2D eigenvalue weighted by molar-refractivity contribution is 7.80. The predicted octanol–water partition coefficient (Wildman–Crippen LogP) is -0.153. The van der Waals surface area contributed by atoms with Crippen LogP contribution >= 0.6 is 12.2 Å². The van der Waals surface area contributed by atoms with Crippen LogP contribution in [0.5, 0.6) is 0 Å². The van der Waals surface area contributed by atoms with Crippen molar-refractivity contribution in [3.8, 4) is 0 Å². The van der Waals surface area contributed by atoms with Crippen molar-refractivity contribution < 1.29 is 9.53 Å². The standard InChI is InChI=1S/C4H8N2O2S/c1-5-3(7)6-4(9)8-2/h1-2H3,(H2,5,6,7,9). The van der Waals surface area contributed by atoms with Gasteiger partial charge in [-0.25, -0.2) is 4.79 Å². The van der Waals surface area contributed by atoms with E-state index >= 15 is 0 Å².